The Balaban J connectivity index is 2.21. The van der Waals surface area contributed by atoms with Crippen molar-refractivity contribution in [3.63, 3.8) is 0 Å². The Labute approximate surface area is 209 Å². The second-order valence-corrected chi connectivity index (χ2v) is 7.93. The van der Waals surface area contributed by atoms with E-state index in [4.69, 9.17) is 0 Å². The molecule has 0 aromatic heterocycles. The lowest BCUT2D eigenvalue weighted by atomic mass is 9.98. The molecule has 0 aliphatic rings. The third kappa shape index (κ3) is 9.08. The minimum Gasteiger partial charge on any atom is -0.432 e. The second kappa shape index (κ2) is 12.6. The Bertz CT molecular complexity index is 1220. The smallest absolute Gasteiger partial charge is 0.416 e. The van der Waals surface area contributed by atoms with Crippen molar-refractivity contribution in [3.8, 4) is 5.75 Å². The average Bonchev–Trinajstić information content (AvgIpc) is 2.81. The summed E-state index contributed by atoms with van der Waals surface area (Å²) in [5.41, 5.74) is 0.207. The number of allylic oxidation sites excluding steroid dienone is 8. The van der Waals surface area contributed by atoms with Gasteiger partial charge in [0, 0.05) is 5.56 Å². The van der Waals surface area contributed by atoms with E-state index in [2.05, 4.69) is 11.3 Å². The second-order valence-electron chi connectivity index (χ2n) is 7.93. The fourth-order valence-electron chi connectivity index (χ4n) is 3.04. The molecule has 0 N–H and O–H groups in total. The van der Waals surface area contributed by atoms with Gasteiger partial charge < -0.3 is 4.74 Å². The van der Waals surface area contributed by atoms with Gasteiger partial charge in [0.1, 0.15) is 30.5 Å². The third-order valence-corrected chi connectivity index (χ3v) is 5.09. The normalized spacial score (nSPS) is 13.8. The number of alkyl halides is 6. The number of benzene rings is 2. The first-order valence-electron chi connectivity index (χ1n) is 10.9. The summed E-state index contributed by atoms with van der Waals surface area (Å²) in [4.78, 5) is 0. The van der Waals surface area contributed by atoms with Crippen molar-refractivity contribution in [2.45, 2.75) is 32.6 Å². The van der Waals surface area contributed by atoms with Gasteiger partial charge in [-0.15, -0.1) is 0 Å². The number of ether oxygens (including phenoxy) is 1. The topological polar surface area (TPSA) is 9.23 Å². The highest BCUT2D eigenvalue weighted by Crippen LogP contribution is 2.34. The maximum atomic E-state index is 14.8. The molecule has 0 spiro atoms. The molecule has 0 aliphatic carbocycles. The molecule has 0 aliphatic heterocycles. The number of rotatable bonds is 10. The number of hydrogen-bond acceptors (Lipinski definition) is 1. The molecule has 9 heteroatoms. The molecule has 198 valence electrons. The van der Waals surface area contributed by atoms with Gasteiger partial charge in [-0.3, -0.25) is 0 Å². The molecule has 0 unspecified atom stereocenters. The SMILES string of the molecule is C=C(/C=C\C(C)=C/C)c1ccc(C(/C=C(/F)CC(F)(F)Oc2ccc(C(F)(F)F)cc2)=C/CF)c(F)c1. The van der Waals surface area contributed by atoms with Gasteiger partial charge in [0.15, 0.2) is 0 Å². The molecule has 1 nitrogen and oxygen atoms in total. The van der Waals surface area contributed by atoms with Crippen LogP contribution < -0.4 is 4.74 Å². The molecule has 0 atom stereocenters. The summed E-state index contributed by atoms with van der Waals surface area (Å²) in [5, 5.41) is 0. The van der Waals surface area contributed by atoms with E-state index in [0.717, 1.165) is 17.7 Å². The zero-order chi connectivity index (χ0) is 27.8. The first-order valence-corrected chi connectivity index (χ1v) is 10.9. The predicted octanol–water partition coefficient (Wildman–Crippen LogP) is 9.65. The lowest BCUT2D eigenvalue weighted by Crippen LogP contribution is -2.24. The Hall–Kier alpha value is -3.62. The first kappa shape index (κ1) is 29.6. The Morgan fingerprint density at radius 2 is 1.65 bits per heavy atom. The highest BCUT2D eigenvalue weighted by Gasteiger charge is 2.35. The van der Waals surface area contributed by atoms with Gasteiger partial charge in [-0.1, -0.05) is 42.5 Å². The van der Waals surface area contributed by atoms with E-state index in [9.17, 15) is 35.1 Å². The molecule has 2 aromatic rings. The van der Waals surface area contributed by atoms with Gasteiger partial charge in [0.25, 0.3) is 0 Å². The van der Waals surface area contributed by atoms with Crippen LogP contribution >= 0.6 is 0 Å². The van der Waals surface area contributed by atoms with Crippen LogP contribution in [0.25, 0.3) is 11.1 Å². The van der Waals surface area contributed by atoms with Crippen LogP contribution in [-0.4, -0.2) is 12.8 Å². The summed E-state index contributed by atoms with van der Waals surface area (Å²) in [6, 6.07) is 6.24. The van der Waals surface area contributed by atoms with Crippen molar-refractivity contribution in [2.75, 3.05) is 6.67 Å². The lowest BCUT2D eigenvalue weighted by Gasteiger charge is -2.18. The van der Waals surface area contributed by atoms with Gasteiger partial charge in [-0.25, -0.2) is 13.2 Å². The summed E-state index contributed by atoms with van der Waals surface area (Å²) in [5.74, 6) is -2.94. The van der Waals surface area contributed by atoms with Gasteiger partial charge in [-0.2, -0.15) is 22.0 Å². The van der Waals surface area contributed by atoms with Gasteiger partial charge >= 0.3 is 12.3 Å². The van der Waals surface area contributed by atoms with Crippen molar-refractivity contribution in [3.05, 3.63) is 113 Å². The van der Waals surface area contributed by atoms with Crippen molar-refractivity contribution < 1.29 is 39.9 Å². The van der Waals surface area contributed by atoms with Crippen LogP contribution in [0.2, 0.25) is 0 Å². The van der Waals surface area contributed by atoms with Gasteiger partial charge in [-0.05, 0) is 73.0 Å². The zero-order valence-electron chi connectivity index (χ0n) is 20.0. The fraction of sp³-hybridized carbons (Fsp3) is 0.214. The van der Waals surface area contributed by atoms with Crippen molar-refractivity contribution >= 4 is 11.1 Å². The standard InChI is InChI=1S/C28H24F8O/c1-4-18(2)5-6-19(3)20-7-12-25(26(31)16-20)21(13-14-29)15-23(30)17-27(32,33)37-24-10-8-22(9-11-24)28(34,35)36/h4-13,15-16H,3,14,17H2,1-2H3/b6-5-,18-4-,21-13+,23-15+. The van der Waals surface area contributed by atoms with Crippen LogP contribution in [0.15, 0.2) is 90.8 Å². The molecular weight excluding hydrogens is 504 g/mol. The van der Waals surface area contributed by atoms with E-state index in [1.807, 2.05) is 19.9 Å². The maximum Gasteiger partial charge on any atom is 0.416 e. The monoisotopic (exact) mass is 528 g/mol. The predicted molar refractivity (Wildman–Crippen MR) is 129 cm³/mol. The molecule has 0 heterocycles. The fourth-order valence-corrected chi connectivity index (χ4v) is 3.04. The number of hydrogen-bond donors (Lipinski definition) is 0. The molecule has 0 fully saturated rings. The quantitative estimate of drug-likeness (QED) is 0.220. The van der Waals surface area contributed by atoms with E-state index in [1.165, 1.54) is 12.1 Å². The summed E-state index contributed by atoms with van der Waals surface area (Å²) in [7, 11) is 0. The Morgan fingerprint density at radius 1 is 1.00 bits per heavy atom. The minimum atomic E-state index is -4.67. The van der Waals surface area contributed by atoms with E-state index < -0.39 is 48.3 Å². The first-order chi connectivity index (χ1) is 17.3. The maximum absolute atomic E-state index is 14.8. The summed E-state index contributed by atoms with van der Waals surface area (Å²) >= 11 is 0. The summed E-state index contributed by atoms with van der Waals surface area (Å²) in [6.07, 6.45) is -3.78. The van der Waals surface area contributed by atoms with Crippen molar-refractivity contribution in [1.82, 2.24) is 0 Å². The largest absolute Gasteiger partial charge is 0.432 e. The average molecular weight is 528 g/mol. The number of halogens is 8. The third-order valence-electron chi connectivity index (χ3n) is 5.09. The van der Waals surface area contributed by atoms with Crippen LogP contribution in [0.5, 0.6) is 5.75 Å². The molecule has 2 rings (SSSR count). The van der Waals surface area contributed by atoms with Crippen LogP contribution in [0.4, 0.5) is 35.1 Å². The molecule has 0 bridgehead atoms. The summed E-state index contributed by atoms with van der Waals surface area (Å²) in [6.45, 7) is 6.42. The van der Waals surface area contributed by atoms with Crippen LogP contribution in [0.1, 0.15) is 37.0 Å². The van der Waals surface area contributed by atoms with Crippen LogP contribution in [0.3, 0.4) is 0 Å². The molecular formula is C28H24F8O. The highest BCUT2D eigenvalue weighted by atomic mass is 19.4. The highest BCUT2D eigenvalue weighted by molar-refractivity contribution is 5.78. The van der Waals surface area contributed by atoms with E-state index >= 15 is 0 Å². The molecule has 37 heavy (non-hydrogen) atoms. The molecule has 0 saturated carbocycles. The molecule has 0 saturated heterocycles. The van der Waals surface area contributed by atoms with Crippen LogP contribution in [0, 0.1) is 5.82 Å². The van der Waals surface area contributed by atoms with Crippen molar-refractivity contribution in [2.24, 2.45) is 0 Å². The summed E-state index contributed by atoms with van der Waals surface area (Å²) < 4.78 is 113. The van der Waals surface area contributed by atoms with Gasteiger partial charge in [0.2, 0.25) is 0 Å². The van der Waals surface area contributed by atoms with Crippen molar-refractivity contribution in [1.29, 1.82) is 0 Å². The molecule has 2 aromatic carbocycles. The Kier molecular flexibility index (Phi) is 10.1. The van der Waals surface area contributed by atoms with E-state index in [0.29, 0.717) is 41.5 Å². The molecule has 0 radical (unpaired) electrons. The minimum absolute atomic E-state index is 0.232. The van der Waals surface area contributed by atoms with E-state index in [1.54, 1.807) is 12.2 Å². The lowest BCUT2D eigenvalue weighted by molar-refractivity contribution is -0.176. The zero-order valence-corrected chi connectivity index (χ0v) is 20.0. The van der Waals surface area contributed by atoms with E-state index in [-0.39, 0.29) is 11.1 Å². The van der Waals surface area contributed by atoms with Gasteiger partial charge in [0.05, 0.1) is 5.56 Å². The Morgan fingerprint density at radius 3 is 2.19 bits per heavy atom. The van der Waals surface area contributed by atoms with Crippen LogP contribution in [-0.2, 0) is 6.18 Å². The molecule has 0 amide bonds.